The summed E-state index contributed by atoms with van der Waals surface area (Å²) in [5, 5.41) is 3.17. The molecule has 0 heterocycles. The number of hydrogen-bond donors (Lipinski definition) is 7. The van der Waals surface area contributed by atoms with E-state index < -0.39 is 30.2 Å². The van der Waals surface area contributed by atoms with E-state index in [4.69, 9.17) is 0 Å². The van der Waals surface area contributed by atoms with E-state index in [1.54, 1.807) is 17.6 Å². The van der Waals surface area contributed by atoms with Crippen LogP contribution in [0.2, 0.25) is 0 Å². The Morgan fingerprint density at radius 1 is 0.750 bits per heavy atom. The first-order valence-electron chi connectivity index (χ1n) is 4.66. The summed E-state index contributed by atoms with van der Waals surface area (Å²) in [6, 6.07) is -3.75. The Labute approximate surface area is 113 Å². The summed E-state index contributed by atoms with van der Waals surface area (Å²) in [7, 11) is 0. The molecule has 0 aliphatic heterocycles. The molecule has 0 atom stereocenters. The van der Waals surface area contributed by atoms with Crippen molar-refractivity contribution >= 4 is 30.2 Å². The van der Waals surface area contributed by atoms with Crippen LogP contribution in [0.1, 0.15) is 6.92 Å². The topological polar surface area (TPSA) is 249 Å². The van der Waals surface area contributed by atoms with E-state index in [1.807, 2.05) is 0 Å². The Bertz CT molecular complexity index is 308. The molecule has 0 spiro atoms. The maximum Gasteiger partial charge on any atom is 0.404 e. The summed E-state index contributed by atoms with van der Waals surface area (Å²) in [4.78, 5) is 48.1. The molecule has 0 aromatic carbocycles. The standard InChI is InChI=1S/C3H7NO2.2C2H5N3O2/c1-2-6-3(4)5;2*3-1(6)5-2(4)7/h2H2,1H3,(H2,4,5);2*(H5,3,4,5,6,7). The Balaban J connectivity index is -0.000000218. The van der Waals surface area contributed by atoms with Gasteiger partial charge in [-0.1, -0.05) is 0 Å². The summed E-state index contributed by atoms with van der Waals surface area (Å²) in [6.07, 6.45) is -0.711. The van der Waals surface area contributed by atoms with Crippen molar-refractivity contribution in [1.29, 1.82) is 0 Å². The summed E-state index contributed by atoms with van der Waals surface area (Å²) < 4.78 is 4.18. The van der Waals surface area contributed by atoms with E-state index >= 15 is 0 Å². The highest BCUT2D eigenvalue weighted by molar-refractivity contribution is 5.91. The van der Waals surface area contributed by atoms with Crippen LogP contribution in [0.25, 0.3) is 0 Å². The van der Waals surface area contributed by atoms with E-state index in [0.29, 0.717) is 6.61 Å². The molecular formula is C7H17N7O6. The lowest BCUT2D eigenvalue weighted by Gasteiger charge is -1.89. The molecule has 0 aromatic rings. The van der Waals surface area contributed by atoms with E-state index in [9.17, 15) is 24.0 Å². The lowest BCUT2D eigenvalue weighted by atomic mass is 10.9. The molecule has 0 fully saturated rings. The van der Waals surface area contributed by atoms with Gasteiger partial charge >= 0.3 is 30.2 Å². The van der Waals surface area contributed by atoms with Crippen molar-refractivity contribution in [1.82, 2.24) is 10.6 Å². The van der Waals surface area contributed by atoms with Crippen molar-refractivity contribution in [2.75, 3.05) is 6.61 Å². The van der Waals surface area contributed by atoms with E-state index in [0.717, 1.165) is 0 Å². The maximum atomic E-state index is 9.62. The van der Waals surface area contributed by atoms with E-state index in [-0.39, 0.29) is 0 Å². The zero-order chi connectivity index (χ0) is 16.7. The van der Waals surface area contributed by atoms with Gasteiger partial charge in [-0.2, -0.15) is 0 Å². The first kappa shape index (κ1) is 22.0. The molecule has 12 N–H and O–H groups in total. The molecule has 0 bridgehead atoms. The predicted octanol–water partition coefficient (Wildman–Crippen LogP) is -2.43. The molecule has 0 aromatic heterocycles. The molecule has 0 saturated carbocycles. The van der Waals surface area contributed by atoms with Crippen molar-refractivity contribution in [2.45, 2.75) is 6.92 Å². The molecule has 9 amide bonds. The third-order valence-corrected chi connectivity index (χ3v) is 0.779. The number of hydrogen-bond acceptors (Lipinski definition) is 6. The Hall–Kier alpha value is -3.25. The van der Waals surface area contributed by atoms with Crippen molar-refractivity contribution in [3.63, 3.8) is 0 Å². The monoisotopic (exact) mass is 295 g/mol. The molecule has 13 nitrogen and oxygen atoms in total. The van der Waals surface area contributed by atoms with Crippen LogP contribution in [0.5, 0.6) is 0 Å². The average Bonchev–Trinajstić information content (AvgIpc) is 2.13. The molecule has 116 valence electrons. The molecular weight excluding hydrogens is 278 g/mol. The fraction of sp³-hybridized carbons (Fsp3) is 0.286. The number of carbonyl (C=O) groups excluding carboxylic acids is 5. The van der Waals surface area contributed by atoms with Crippen LogP contribution >= 0.6 is 0 Å². The normalized spacial score (nSPS) is 7.45. The molecule has 0 rings (SSSR count). The third-order valence-electron chi connectivity index (χ3n) is 0.779. The summed E-state index contributed by atoms with van der Waals surface area (Å²) >= 11 is 0. The fourth-order valence-corrected chi connectivity index (χ4v) is 0.385. The third kappa shape index (κ3) is 46.4. The van der Waals surface area contributed by atoms with Crippen LogP contribution < -0.4 is 39.3 Å². The van der Waals surface area contributed by atoms with Crippen molar-refractivity contribution in [2.24, 2.45) is 28.7 Å². The molecule has 0 aliphatic carbocycles. The number of primary amides is 5. The molecule has 13 heteroatoms. The Kier molecular flexibility index (Phi) is 15.2. The maximum absolute atomic E-state index is 9.62. The van der Waals surface area contributed by atoms with E-state index in [1.165, 1.54) is 0 Å². The molecule has 20 heavy (non-hydrogen) atoms. The van der Waals surface area contributed by atoms with Gasteiger partial charge in [0.05, 0.1) is 6.61 Å². The van der Waals surface area contributed by atoms with Crippen LogP contribution in [-0.4, -0.2) is 36.8 Å². The number of urea groups is 4. The van der Waals surface area contributed by atoms with Gasteiger partial charge in [-0.3, -0.25) is 10.6 Å². The van der Waals surface area contributed by atoms with Crippen LogP contribution in [0.3, 0.4) is 0 Å². The van der Waals surface area contributed by atoms with Crippen LogP contribution in [-0.2, 0) is 4.74 Å². The second-order valence-electron chi connectivity index (χ2n) is 2.46. The van der Waals surface area contributed by atoms with Crippen LogP contribution in [0.15, 0.2) is 0 Å². The number of ether oxygens (including phenoxy) is 1. The minimum absolute atomic E-state index is 0.356. The lowest BCUT2D eigenvalue weighted by Crippen LogP contribution is -2.38. The Morgan fingerprint density at radius 3 is 1.00 bits per heavy atom. The molecule has 0 saturated heterocycles. The highest BCUT2D eigenvalue weighted by Gasteiger charge is 1.92. The zero-order valence-corrected chi connectivity index (χ0v) is 10.5. The fourth-order valence-electron chi connectivity index (χ4n) is 0.385. The quantitative estimate of drug-likeness (QED) is 0.276. The van der Waals surface area contributed by atoms with Crippen molar-refractivity contribution < 1.29 is 28.7 Å². The average molecular weight is 295 g/mol. The van der Waals surface area contributed by atoms with Crippen molar-refractivity contribution in [3.05, 3.63) is 0 Å². The predicted molar refractivity (Wildman–Crippen MR) is 65.8 cm³/mol. The highest BCUT2D eigenvalue weighted by atomic mass is 16.5. The first-order chi connectivity index (χ1) is 9.02. The largest absolute Gasteiger partial charge is 0.450 e. The van der Waals surface area contributed by atoms with Gasteiger partial charge in [0, 0.05) is 0 Å². The second kappa shape index (κ2) is 13.8. The molecule has 0 unspecified atom stereocenters. The van der Waals surface area contributed by atoms with Gasteiger partial charge in [0.1, 0.15) is 0 Å². The smallest absolute Gasteiger partial charge is 0.404 e. The summed E-state index contributed by atoms with van der Waals surface area (Å²) in [5.41, 5.74) is 22.3. The summed E-state index contributed by atoms with van der Waals surface area (Å²) in [6.45, 7) is 2.06. The van der Waals surface area contributed by atoms with E-state index in [2.05, 4.69) is 33.4 Å². The summed E-state index contributed by atoms with van der Waals surface area (Å²) in [5.74, 6) is 0. The number of carbonyl (C=O) groups is 5. The first-order valence-corrected chi connectivity index (χ1v) is 4.66. The second-order valence-corrected chi connectivity index (χ2v) is 2.46. The van der Waals surface area contributed by atoms with Gasteiger partial charge < -0.3 is 33.4 Å². The minimum atomic E-state index is -0.938. The highest BCUT2D eigenvalue weighted by Crippen LogP contribution is 1.66. The Morgan fingerprint density at radius 2 is 1.00 bits per heavy atom. The van der Waals surface area contributed by atoms with Gasteiger partial charge in [-0.15, -0.1) is 0 Å². The number of amides is 9. The lowest BCUT2D eigenvalue weighted by molar-refractivity contribution is 0.163. The molecule has 0 radical (unpaired) electrons. The van der Waals surface area contributed by atoms with Crippen LogP contribution in [0.4, 0.5) is 24.0 Å². The number of nitrogens with two attached hydrogens (primary N) is 5. The zero-order valence-electron chi connectivity index (χ0n) is 10.5. The van der Waals surface area contributed by atoms with Gasteiger partial charge in [0.25, 0.3) is 0 Å². The van der Waals surface area contributed by atoms with Gasteiger partial charge in [-0.25, -0.2) is 24.0 Å². The number of imide groups is 2. The molecule has 0 aliphatic rings. The van der Waals surface area contributed by atoms with Gasteiger partial charge in [0.2, 0.25) is 0 Å². The SMILES string of the molecule is CCOC(N)=O.NC(=O)NC(N)=O.NC(=O)NC(N)=O. The van der Waals surface area contributed by atoms with Gasteiger partial charge in [0.15, 0.2) is 0 Å². The number of rotatable bonds is 1. The number of nitrogens with one attached hydrogen (secondary N) is 2. The van der Waals surface area contributed by atoms with Crippen LogP contribution in [0, 0.1) is 0 Å². The van der Waals surface area contributed by atoms with Crippen molar-refractivity contribution in [3.8, 4) is 0 Å². The van der Waals surface area contributed by atoms with Gasteiger partial charge in [-0.05, 0) is 6.92 Å². The minimum Gasteiger partial charge on any atom is -0.450 e.